The Kier molecular flexibility index (Phi) is 3.47. The van der Waals surface area contributed by atoms with Crippen LogP contribution < -0.4 is 10.6 Å². The van der Waals surface area contributed by atoms with Gasteiger partial charge in [-0.3, -0.25) is 9.59 Å². The Balaban J connectivity index is 1.50. The molecule has 2 aliphatic rings. The molecule has 2 N–H and O–H groups in total. The fourth-order valence-corrected chi connectivity index (χ4v) is 3.18. The Morgan fingerprint density at radius 3 is 2.35 bits per heavy atom. The maximum Gasteiger partial charge on any atom is 0.251 e. The summed E-state index contributed by atoms with van der Waals surface area (Å²) in [6.45, 7) is 0.540. The van der Waals surface area contributed by atoms with Crippen LogP contribution in [0.2, 0.25) is 0 Å². The third-order valence-corrected chi connectivity index (χ3v) is 4.52. The van der Waals surface area contributed by atoms with Crippen LogP contribution >= 0.6 is 0 Å². The second kappa shape index (κ2) is 5.27. The van der Waals surface area contributed by atoms with Gasteiger partial charge in [-0.05, 0) is 48.8 Å². The van der Waals surface area contributed by atoms with E-state index in [4.69, 9.17) is 0 Å². The zero-order chi connectivity index (χ0) is 14.1. The van der Waals surface area contributed by atoms with Crippen LogP contribution in [0.3, 0.4) is 0 Å². The van der Waals surface area contributed by atoms with Crippen LogP contribution in [0.5, 0.6) is 0 Å². The van der Waals surface area contributed by atoms with Gasteiger partial charge >= 0.3 is 0 Å². The molecule has 106 valence electrons. The maximum atomic E-state index is 12.0. The van der Waals surface area contributed by atoms with Crippen LogP contribution in [0.4, 0.5) is 0 Å². The molecule has 0 heterocycles. The normalized spacial score (nSPS) is 26.8. The number of hydrogen-bond donors (Lipinski definition) is 2. The molecule has 4 nitrogen and oxygen atoms in total. The summed E-state index contributed by atoms with van der Waals surface area (Å²) in [6.07, 6.45) is 3.49. The van der Waals surface area contributed by atoms with Crippen molar-refractivity contribution in [3.05, 3.63) is 35.4 Å². The molecule has 2 unspecified atom stereocenters. The Bertz CT molecular complexity index is 514. The van der Waals surface area contributed by atoms with Crippen molar-refractivity contribution in [3.8, 4) is 0 Å². The van der Waals surface area contributed by atoms with Crippen molar-refractivity contribution in [3.63, 3.8) is 0 Å². The number of benzene rings is 1. The molecule has 2 fully saturated rings. The second-order valence-corrected chi connectivity index (χ2v) is 5.92. The number of hydrogen-bond acceptors (Lipinski definition) is 2. The molecule has 20 heavy (non-hydrogen) atoms. The largest absolute Gasteiger partial charge is 0.355 e. The summed E-state index contributed by atoms with van der Waals surface area (Å²) >= 11 is 0. The topological polar surface area (TPSA) is 58.2 Å². The first-order valence-corrected chi connectivity index (χ1v) is 7.26. The van der Waals surface area contributed by atoms with Crippen LogP contribution in [0.1, 0.15) is 35.2 Å². The molecule has 2 aliphatic carbocycles. The molecule has 1 aromatic rings. The van der Waals surface area contributed by atoms with Gasteiger partial charge in [0.25, 0.3) is 5.91 Å². The van der Waals surface area contributed by atoms with Gasteiger partial charge in [-0.2, -0.15) is 0 Å². The van der Waals surface area contributed by atoms with E-state index in [2.05, 4.69) is 10.6 Å². The molecule has 4 heteroatoms. The lowest BCUT2D eigenvalue weighted by atomic mass is 10.0. The first-order valence-electron chi connectivity index (χ1n) is 7.26. The summed E-state index contributed by atoms with van der Waals surface area (Å²) < 4.78 is 0. The lowest BCUT2D eigenvalue weighted by molar-refractivity contribution is -0.125. The predicted octanol–water partition coefficient (Wildman–Crippen LogP) is 1.71. The van der Waals surface area contributed by atoms with E-state index in [9.17, 15) is 9.59 Å². The molecule has 2 atom stereocenters. The van der Waals surface area contributed by atoms with Gasteiger partial charge in [-0.15, -0.1) is 0 Å². The number of fused-ring (bicyclic) bond motifs is 1. The summed E-state index contributed by atoms with van der Waals surface area (Å²) in [5.41, 5.74) is 1.66. The molecule has 0 aliphatic heterocycles. The van der Waals surface area contributed by atoms with Gasteiger partial charge in [0, 0.05) is 25.1 Å². The number of carbonyl (C=O) groups is 2. The van der Waals surface area contributed by atoms with Crippen molar-refractivity contribution in [1.29, 1.82) is 0 Å². The van der Waals surface area contributed by atoms with E-state index in [0.29, 0.717) is 12.1 Å². The van der Waals surface area contributed by atoms with Gasteiger partial charge in [0.2, 0.25) is 5.91 Å². The average Bonchev–Trinajstić information content (AvgIpc) is 3.10. The highest BCUT2D eigenvalue weighted by molar-refractivity contribution is 5.93. The third kappa shape index (κ3) is 2.69. The van der Waals surface area contributed by atoms with Crippen LogP contribution in [0, 0.1) is 17.8 Å². The summed E-state index contributed by atoms with van der Waals surface area (Å²) in [5.74, 6) is 1.98. The zero-order valence-corrected chi connectivity index (χ0v) is 11.7. The van der Waals surface area contributed by atoms with E-state index in [0.717, 1.165) is 30.2 Å². The molecule has 0 aromatic heterocycles. The molecule has 2 amide bonds. The lowest BCUT2D eigenvalue weighted by Crippen LogP contribution is -2.29. The summed E-state index contributed by atoms with van der Waals surface area (Å²) in [6, 6.07) is 7.34. The van der Waals surface area contributed by atoms with Gasteiger partial charge in [0.05, 0.1) is 0 Å². The van der Waals surface area contributed by atoms with Crippen molar-refractivity contribution in [2.24, 2.45) is 17.8 Å². The molecule has 0 saturated heterocycles. The standard InChI is InChI=1S/C16H20N2O2/c1-17-15(19)11-4-2-10(3-5-11)9-18-16(20)14-7-12-6-13(12)8-14/h2-5,12-14H,6-9H2,1H3,(H,17,19)(H,18,20). The van der Waals surface area contributed by atoms with E-state index in [-0.39, 0.29) is 17.7 Å². The fourth-order valence-electron chi connectivity index (χ4n) is 3.18. The molecule has 0 radical (unpaired) electrons. The molecule has 2 saturated carbocycles. The summed E-state index contributed by atoms with van der Waals surface area (Å²) in [5, 5.41) is 5.59. The smallest absolute Gasteiger partial charge is 0.251 e. The Labute approximate surface area is 118 Å². The highest BCUT2D eigenvalue weighted by Gasteiger charge is 2.47. The van der Waals surface area contributed by atoms with Crippen LogP contribution in [-0.2, 0) is 11.3 Å². The third-order valence-electron chi connectivity index (χ3n) is 4.52. The van der Waals surface area contributed by atoms with E-state index in [1.807, 2.05) is 12.1 Å². The van der Waals surface area contributed by atoms with Gasteiger partial charge in [0.1, 0.15) is 0 Å². The molecule has 3 rings (SSSR count). The second-order valence-electron chi connectivity index (χ2n) is 5.92. The van der Waals surface area contributed by atoms with Crippen molar-refractivity contribution >= 4 is 11.8 Å². The van der Waals surface area contributed by atoms with E-state index in [1.165, 1.54) is 6.42 Å². The van der Waals surface area contributed by atoms with E-state index in [1.54, 1.807) is 19.2 Å². The number of rotatable bonds is 4. The SMILES string of the molecule is CNC(=O)c1ccc(CNC(=O)C2CC3CC3C2)cc1. The fraction of sp³-hybridized carbons (Fsp3) is 0.500. The van der Waals surface area contributed by atoms with E-state index < -0.39 is 0 Å². The monoisotopic (exact) mass is 272 g/mol. The number of amides is 2. The molecular formula is C16H20N2O2. The Morgan fingerprint density at radius 1 is 1.10 bits per heavy atom. The van der Waals surface area contributed by atoms with Gasteiger partial charge in [0.15, 0.2) is 0 Å². The lowest BCUT2D eigenvalue weighted by Gasteiger charge is -2.12. The molecular weight excluding hydrogens is 252 g/mol. The van der Waals surface area contributed by atoms with Crippen molar-refractivity contribution < 1.29 is 9.59 Å². The van der Waals surface area contributed by atoms with Crippen molar-refractivity contribution in [2.45, 2.75) is 25.8 Å². The summed E-state index contributed by atoms with van der Waals surface area (Å²) in [7, 11) is 1.61. The highest BCUT2D eigenvalue weighted by atomic mass is 16.2. The van der Waals surface area contributed by atoms with Crippen molar-refractivity contribution in [1.82, 2.24) is 10.6 Å². The van der Waals surface area contributed by atoms with Gasteiger partial charge in [-0.1, -0.05) is 12.1 Å². The number of carbonyl (C=O) groups excluding carboxylic acids is 2. The molecule has 0 bridgehead atoms. The zero-order valence-electron chi connectivity index (χ0n) is 11.7. The minimum Gasteiger partial charge on any atom is -0.355 e. The minimum absolute atomic E-state index is 0.0919. The summed E-state index contributed by atoms with van der Waals surface area (Å²) in [4.78, 5) is 23.4. The first-order chi connectivity index (χ1) is 9.67. The Hall–Kier alpha value is -1.84. The Morgan fingerprint density at radius 2 is 1.75 bits per heavy atom. The van der Waals surface area contributed by atoms with Crippen molar-refractivity contribution in [2.75, 3.05) is 7.05 Å². The van der Waals surface area contributed by atoms with Crippen LogP contribution in [0.25, 0.3) is 0 Å². The predicted molar refractivity (Wildman–Crippen MR) is 76.0 cm³/mol. The first kappa shape index (κ1) is 13.2. The minimum atomic E-state index is -0.0919. The number of nitrogens with one attached hydrogen (secondary N) is 2. The van der Waals surface area contributed by atoms with E-state index >= 15 is 0 Å². The quantitative estimate of drug-likeness (QED) is 0.876. The maximum absolute atomic E-state index is 12.0. The molecule has 1 aromatic carbocycles. The highest BCUT2D eigenvalue weighted by Crippen LogP contribution is 2.54. The van der Waals surface area contributed by atoms with Crippen LogP contribution in [0.15, 0.2) is 24.3 Å². The van der Waals surface area contributed by atoms with Gasteiger partial charge in [-0.25, -0.2) is 0 Å². The average molecular weight is 272 g/mol. The van der Waals surface area contributed by atoms with Gasteiger partial charge < -0.3 is 10.6 Å². The van der Waals surface area contributed by atoms with Crippen LogP contribution in [-0.4, -0.2) is 18.9 Å². The molecule has 0 spiro atoms.